The molecule has 0 saturated heterocycles. The van der Waals surface area contributed by atoms with Gasteiger partial charge in [-0.3, -0.25) is 4.79 Å². The second-order valence-electron chi connectivity index (χ2n) is 4.56. The summed E-state index contributed by atoms with van der Waals surface area (Å²) in [5.41, 5.74) is 5.98. The summed E-state index contributed by atoms with van der Waals surface area (Å²) in [5.74, 6) is 0.389. The Labute approximate surface area is 105 Å². The van der Waals surface area contributed by atoms with Crippen molar-refractivity contribution in [1.82, 2.24) is 9.97 Å². The Morgan fingerprint density at radius 2 is 2.12 bits per heavy atom. The zero-order valence-electron chi connectivity index (χ0n) is 10.5. The van der Waals surface area contributed by atoms with E-state index >= 15 is 0 Å². The van der Waals surface area contributed by atoms with Crippen LogP contribution in [0.4, 0.5) is 5.82 Å². The van der Waals surface area contributed by atoms with Crippen LogP contribution in [0.25, 0.3) is 0 Å². The molecule has 6 heteroatoms. The van der Waals surface area contributed by atoms with Gasteiger partial charge >= 0.3 is 5.97 Å². The van der Waals surface area contributed by atoms with Crippen molar-refractivity contribution in [3.8, 4) is 0 Å². The number of hydrogen-bond acceptors (Lipinski definition) is 6. The molecule has 5 nitrogen and oxygen atoms in total. The van der Waals surface area contributed by atoms with Crippen LogP contribution in [-0.4, -0.2) is 27.3 Å². The number of nitrogens with two attached hydrogens (primary N) is 1. The summed E-state index contributed by atoms with van der Waals surface area (Å²) in [7, 11) is 0. The SMILES string of the molecule is Cc1c(N)ncnc1SCC(=O)OC(C)(C)C. The van der Waals surface area contributed by atoms with Gasteiger partial charge in [-0.25, -0.2) is 9.97 Å². The molecule has 0 fully saturated rings. The van der Waals surface area contributed by atoms with Gasteiger partial charge in [0.1, 0.15) is 22.8 Å². The van der Waals surface area contributed by atoms with E-state index in [0.717, 1.165) is 5.56 Å². The average molecular weight is 255 g/mol. The normalized spacial score (nSPS) is 11.3. The molecular weight excluding hydrogens is 238 g/mol. The van der Waals surface area contributed by atoms with E-state index in [1.807, 2.05) is 27.7 Å². The number of hydrogen-bond donors (Lipinski definition) is 1. The van der Waals surface area contributed by atoms with Crippen molar-refractivity contribution in [3.05, 3.63) is 11.9 Å². The van der Waals surface area contributed by atoms with Gasteiger partial charge in [0.2, 0.25) is 0 Å². The first-order valence-electron chi connectivity index (χ1n) is 5.21. The van der Waals surface area contributed by atoms with Gasteiger partial charge in [-0.05, 0) is 27.7 Å². The lowest BCUT2D eigenvalue weighted by Crippen LogP contribution is -2.25. The predicted molar refractivity (Wildman–Crippen MR) is 67.8 cm³/mol. The third-order valence-corrected chi connectivity index (χ3v) is 2.89. The van der Waals surface area contributed by atoms with Crippen LogP contribution in [0.15, 0.2) is 11.4 Å². The summed E-state index contributed by atoms with van der Waals surface area (Å²) in [5, 5.41) is 0.711. The van der Waals surface area contributed by atoms with E-state index in [1.165, 1.54) is 18.1 Å². The van der Waals surface area contributed by atoms with Crippen LogP contribution in [0.5, 0.6) is 0 Å². The number of carbonyl (C=O) groups is 1. The van der Waals surface area contributed by atoms with Crippen LogP contribution in [0, 0.1) is 6.92 Å². The average Bonchev–Trinajstić information content (AvgIpc) is 2.18. The molecule has 0 saturated carbocycles. The topological polar surface area (TPSA) is 78.1 Å². The van der Waals surface area contributed by atoms with E-state index in [0.29, 0.717) is 10.8 Å². The maximum Gasteiger partial charge on any atom is 0.316 e. The van der Waals surface area contributed by atoms with E-state index in [9.17, 15) is 4.79 Å². The highest BCUT2D eigenvalue weighted by atomic mass is 32.2. The lowest BCUT2D eigenvalue weighted by Gasteiger charge is -2.19. The number of nitrogen functional groups attached to an aromatic ring is 1. The quantitative estimate of drug-likeness (QED) is 0.504. The highest BCUT2D eigenvalue weighted by Gasteiger charge is 2.17. The van der Waals surface area contributed by atoms with Crippen molar-refractivity contribution < 1.29 is 9.53 Å². The van der Waals surface area contributed by atoms with Crippen molar-refractivity contribution >= 4 is 23.5 Å². The molecule has 0 aliphatic rings. The molecule has 1 aromatic rings. The fourth-order valence-corrected chi connectivity index (χ4v) is 1.85. The minimum Gasteiger partial charge on any atom is -0.459 e. The minimum atomic E-state index is -0.461. The van der Waals surface area contributed by atoms with Crippen LogP contribution >= 0.6 is 11.8 Å². The monoisotopic (exact) mass is 255 g/mol. The number of thioether (sulfide) groups is 1. The zero-order chi connectivity index (χ0) is 13.1. The molecule has 2 N–H and O–H groups in total. The van der Waals surface area contributed by atoms with Crippen LogP contribution in [0.2, 0.25) is 0 Å². The predicted octanol–water partition coefficient (Wildman–Crippen LogP) is 1.80. The van der Waals surface area contributed by atoms with E-state index in [-0.39, 0.29) is 11.7 Å². The smallest absolute Gasteiger partial charge is 0.316 e. The van der Waals surface area contributed by atoms with Crippen LogP contribution < -0.4 is 5.73 Å². The van der Waals surface area contributed by atoms with Gasteiger partial charge < -0.3 is 10.5 Å². The Morgan fingerprint density at radius 1 is 1.47 bits per heavy atom. The van der Waals surface area contributed by atoms with Gasteiger partial charge in [-0.1, -0.05) is 11.8 Å². The first kappa shape index (κ1) is 13.8. The lowest BCUT2D eigenvalue weighted by atomic mass is 10.2. The number of ether oxygens (including phenoxy) is 1. The summed E-state index contributed by atoms with van der Waals surface area (Å²) >= 11 is 1.30. The standard InChI is InChI=1S/C11H17N3O2S/c1-7-9(12)13-6-14-10(7)17-5-8(15)16-11(2,3)4/h6H,5H2,1-4H3,(H2,12,13,14). The van der Waals surface area contributed by atoms with E-state index in [2.05, 4.69) is 9.97 Å². The van der Waals surface area contributed by atoms with Crippen LogP contribution in [0.1, 0.15) is 26.3 Å². The summed E-state index contributed by atoms with van der Waals surface area (Å²) in [6, 6.07) is 0. The summed E-state index contributed by atoms with van der Waals surface area (Å²) in [6.45, 7) is 7.34. The molecule has 1 aromatic heterocycles. The minimum absolute atomic E-state index is 0.217. The Hall–Kier alpha value is -1.30. The van der Waals surface area contributed by atoms with Gasteiger partial charge in [-0.2, -0.15) is 0 Å². The molecule has 0 aliphatic carbocycles. The maximum absolute atomic E-state index is 11.5. The van der Waals surface area contributed by atoms with Gasteiger partial charge in [0, 0.05) is 5.56 Å². The maximum atomic E-state index is 11.5. The molecule has 94 valence electrons. The van der Waals surface area contributed by atoms with Gasteiger partial charge in [-0.15, -0.1) is 0 Å². The second kappa shape index (κ2) is 5.35. The molecule has 0 spiro atoms. The van der Waals surface area contributed by atoms with E-state index in [1.54, 1.807) is 0 Å². The number of nitrogens with zero attached hydrogens (tertiary/aromatic N) is 2. The molecule has 17 heavy (non-hydrogen) atoms. The van der Waals surface area contributed by atoms with Crippen molar-refractivity contribution in [2.45, 2.75) is 38.3 Å². The Kier molecular flexibility index (Phi) is 4.34. The molecular formula is C11H17N3O2S. The zero-order valence-corrected chi connectivity index (χ0v) is 11.3. The van der Waals surface area contributed by atoms with Crippen molar-refractivity contribution in [1.29, 1.82) is 0 Å². The molecule has 0 radical (unpaired) electrons. The number of esters is 1. The number of aromatic nitrogens is 2. The van der Waals surface area contributed by atoms with Gasteiger partial charge in [0.15, 0.2) is 0 Å². The number of anilines is 1. The summed E-state index contributed by atoms with van der Waals surface area (Å²) < 4.78 is 5.20. The third-order valence-electron chi connectivity index (χ3n) is 1.82. The molecule has 0 bridgehead atoms. The van der Waals surface area contributed by atoms with Crippen molar-refractivity contribution in [2.24, 2.45) is 0 Å². The highest BCUT2D eigenvalue weighted by molar-refractivity contribution is 7.99. The number of carbonyl (C=O) groups excluding carboxylic acids is 1. The summed E-state index contributed by atoms with van der Waals surface area (Å²) in [6.07, 6.45) is 1.39. The number of rotatable bonds is 3. The molecule has 1 rings (SSSR count). The van der Waals surface area contributed by atoms with Gasteiger partial charge in [0.05, 0.1) is 5.75 Å². The molecule has 0 aromatic carbocycles. The molecule has 0 amide bonds. The Bertz CT molecular complexity index is 416. The largest absolute Gasteiger partial charge is 0.459 e. The molecule has 1 heterocycles. The van der Waals surface area contributed by atoms with Crippen LogP contribution in [-0.2, 0) is 9.53 Å². The molecule has 0 atom stereocenters. The fourth-order valence-electron chi connectivity index (χ4n) is 1.09. The second-order valence-corrected chi connectivity index (χ2v) is 5.53. The highest BCUT2D eigenvalue weighted by Crippen LogP contribution is 2.22. The van der Waals surface area contributed by atoms with E-state index < -0.39 is 5.60 Å². The fraction of sp³-hybridized carbons (Fsp3) is 0.545. The van der Waals surface area contributed by atoms with Crippen molar-refractivity contribution in [2.75, 3.05) is 11.5 Å². The first-order valence-corrected chi connectivity index (χ1v) is 6.20. The summed E-state index contributed by atoms with van der Waals surface area (Å²) in [4.78, 5) is 19.4. The van der Waals surface area contributed by atoms with Crippen LogP contribution in [0.3, 0.4) is 0 Å². The van der Waals surface area contributed by atoms with Crippen molar-refractivity contribution in [3.63, 3.8) is 0 Å². The first-order chi connectivity index (χ1) is 7.79. The Morgan fingerprint density at radius 3 is 2.71 bits per heavy atom. The Balaban J connectivity index is 2.56. The lowest BCUT2D eigenvalue weighted by molar-refractivity contribution is -0.151. The van der Waals surface area contributed by atoms with Gasteiger partial charge in [0.25, 0.3) is 0 Å². The molecule has 0 unspecified atom stereocenters. The third kappa shape index (κ3) is 4.60. The van der Waals surface area contributed by atoms with E-state index in [4.69, 9.17) is 10.5 Å². The molecule has 0 aliphatic heterocycles.